The monoisotopic (exact) mass is 364 g/mol. The average molecular weight is 365 g/mol. The van der Waals surface area contributed by atoms with Crippen LogP contribution in [0.3, 0.4) is 0 Å². The fourth-order valence-corrected chi connectivity index (χ4v) is 3.76. The van der Waals surface area contributed by atoms with Gasteiger partial charge in [0.1, 0.15) is 11.2 Å². The summed E-state index contributed by atoms with van der Waals surface area (Å²) >= 11 is 1.74. The van der Waals surface area contributed by atoms with Crippen LogP contribution in [0.15, 0.2) is 59.5 Å². The van der Waals surface area contributed by atoms with Crippen LogP contribution in [-0.2, 0) is 0 Å². The number of benzene rings is 1. The van der Waals surface area contributed by atoms with Crippen LogP contribution in [0.5, 0.6) is 0 Å². The van der Waals surface area contributed by atoms with Crippen LogP contribution in [0.25, 0.3) is 10.2 Å². The van der Waals surface area contributed by atoms with E-state index in [4.69, 9.17) is 0 Å². The lowest BCUT2D eigenvalue weighted by molar-refractivity contribution is 0.701. The standard InChI is InChI=1S/C21H24N4S/c1-15(2)8-7-9-16(3)19-12-18-20(22-14-23-21(18)26-19)25-24-13-17-10-5-4-6-11-17/h4-6,8,10-14,16H,7,9H2,1-3H3,(H,22,23,25). The number of hydrogen-bond donors (Lipinski definition) is 1. The first-order chi connectivity index (χ1) is 12.6. The number of allylic oxidation sites excluding steroid dienone is 2. The van der Waals surface area contributed by atoms with Crippen LogP contribution >= 0.6 is 11.3 Å². The number of hydrogen-bond acceptors (Lipinski definition) is 5. The smallest absolute Gasteiger partial charge is 0.158 e. The second kappa shape index (κ2) is 8.72. The van der Waals surface area contributed by atoms with Crippen molar-refractivity contribution >= 4 is 33.6 Å². The number of hydrazone groups is 1. The summed E-state index contributed by atoms with van der Waals surface area (Å²) in [6.07, 6.45) is 7.94. The molecule has 2 heterocycles. The molecule has 3 aromatic rings. The van der Waals surface area contributed by atoms with Crippen molar-refractivity contribution in [2.45, 2.75) is 39.5 Å². The van der Waals surface area contributed by atoms with Gasteiger partial charge in [-0.05, 0) is 44.2 Å². The van der Waals surface area contributed by atoms with Crippen LogP contribution in [0.2, 0.25) is 0 Å². The van der Waals surface area contributed by atoms with Gasteiger partial charge in [0.15, 0.2) is 5.82 Å². The van der Waals surface area contributed by atoms with E-state index in [1.807, 2.05) is 30.3 Å². The number of thiophene rings is 1. The van der Waals surface area contributed by atoms with Gasteiger partial charge in [0.25, 0.3) is 0 Å². The average Bonchev–Trinajstić information content (AvgIpc) is 3.07. The molecule has 5 heteroatoms. The number of anilines is 1. The van der Waals surface area contributed by atoms with Gasteiger partial charge in [-0.25, -0.2) is 9.97 Å². The van der Waals surface area contributed by atoms with E-state index in [1.165, 1.54) is 10.5 Å². The normalized spacial score (nSPS) is 12.4. The minimum absolute atomic E-state index is 0.505. The number of nitrogens with one attached hydrogen (secondary N) is 1. The molecule has 1 aromatic carbocycles. The molecule has 2 aromatic heterocycles. The number of fused-ring (bicyclic) bond motifs is 1. The maximum absolute atomic E-state index is 4.42. The molecule has 0 aliphatic carbocycles. The number of aromatic nitrogens is 2. The van der Waals surface area contributed by atoms with E-state index < -0.39 is 0 Å². The zero-order chi connectivity index (χ0) is 18.4. The molecule has 0 spiro atoms. The molecule has 1 unspecified atom stereocenters. The summed E-state index contributed by atoms with van der Waals surface area (Å²) in [7, 11) is 0. The van der Waals surface area contributed by atoms with Gasteiger partial charge >= 0.3 is 0 Å². The predicted molar refractivity (Wildman–Crippen MR) is 112 cm³/mol. The summed E-state index contributed by atoms with van der Waals surface area (Å²) < 4.78 is 0. The molecule has 0 saturated carbocycles. The fraction of sp³-hybridized carbons (Fsp3) is 0.286. The second-order valence-corrected chi connectivity index (χ2v) is 7.69. The minimum Gasteiger partial charge on any atom is -0.261 e. The van der Waals surface area contributed by atoms with E-state index >= 15 is 0 Å². The van der Waals surface area contributed by atoms with Crippen molar-refractivity contribution < 1.29 is 0 Å². The van der Waals surface area contributed by atoms with Gasteiger partial charge in [0.2, 0.25) is 0 Å². The summed E-state index contributed by atoms with van der Waals surface area (Å²) in [6, 6.07) is 12.2. The third-order valence-electron chi connectivity index (χ3n) is 4.17. The third-order valence-corrected chi connectivity index (χ3v) is 5.44. The highest BCUT2D eigenvalue weighted by Crippen LogP contribution is 2.34. The first-order valence-corrected chi connectivity index (χ1v) is 9.67. The molecular formula is C21H24N4S. The van der Waals surface area contributed by atoms with Crippen molar-refractivity contribution in [2.24, 2.45) is 5.10 Å². The van der Waals surface area contributed by atoms with Gasteiger partial charge in [-0.2, -0.15) is 5.10 Å². The molecule has 0 amide bonds. The zero-order valence-electron chi connectivity index (χ0n) is 15.4. The maximum atomic E-state index is 4.42. The largest absolute Gasteiger partial charge is 0.261 e. The highest BCUT2D eigenvalue weighted by molar-refractivity contribution is 7.18. The lowest BCUT2D eigenvalue weighted by atomic mass is 10.0. The van der Waals surface area contributed by atoms with E-state index in [0.29, 0.717) is 5.92 Å². The van der Waals surface area contributed by atoms with Crippen LogP contribution in [0.1, 0.15) is 50.0 Å². The summed E-state index contributed by atoms with van der Waals surface area (Å²) in [6.45, 7) is 6.57. The first-order valence-electron chi connectivity index (χ1n) is 8.85. The Kier molecular flexibility index (Phi) is 6.12. The molecule has 1 atom stereocenters. The van der Waals surface area contributed by atoms with Crippen molar-refractivity contribution in [1.82, 2.24) is 9.97 Å². The van der Waals surface area contributed by atoms with Crippen molar-refractivity contribution in [3.05, 3.63) is 64.8 Å². The van der Waals surface area contributed by atoms with Crippen LogP contribution in [0, 0.1) is 0 Å². The zero-order valence-corrected chi connectivity index (χ0v) is 16.3. The fourth-order valence-electron chi connectivity index (χ4n) is 2.68. The Balaban J connectivity index is 1.74. The Hall–Kier alpha value is -2.53. The Morgan fingerprint density at radius 1 is 1.23 bits per heavy atom. The molecular weight excluding hydrogens is 340 g/mol. The quantitative estimate of drug-likeness (QED) is 0.318. The predicted octanol–water partition coefficient (Wildman–Crippen LogP) is 5.99. The molecule has 26 heavy (non-hydrogen) atoms. The summed E-state index contributed by atoms with van der Waals surface area (Å²) in [5.41, 5.74) is 5.48. The minimum atomic E-state index is 0.505. The molecule has 0 aliphatic rings. The van der Waals surface area contributed by atoms with Gasteiger partial charge in [0, 0.05) is 4.88 Å². The third kappa shape index (κ3) is 4.76. The van der Waals surface area contributed by atoms with Gasteiger partial charge < -0.3 is 0 Å². The Bertz CT molecular complexity index is 908. The van der Waals surface area contributed by atoms with Gasteiger partial charge in [-0.1, -0.05) is 48.9 Å². The van der Waals surface area contributed by atoms with Crippen molar-refractivity contribution in [3.8, 4) is 0 Å². The topological polar surface area (TPSA) is 50.2 Å². The Morgan fingerprint density at radius 3 is 2.81 bits per heavy atom. The number of nitrogens with zero attached hydrogens (tertiary/aromatic N) is 3. The molecule has 0 aliphatic heterocycles. The number of rotatable bonds is 7. The lowest BCUT2D eigenvalue weighted by Gasteiger charge is -2.06. The van der Waals surface area contributed by atoms with E-state index in [9.17, 15) is 0 Å². The molecule has 0 fully saturated rings. The summed E-state index contributed by atoms with van der Waals surface area (Å²) in [5.74, 6) is 1.26. The van der Waals surface area contributed by atoms with Gasteiger partial charge in [-0.3, -0.25) is 5.43 Å². The Morgan fingerprint density at radius 2 is 2.04 bits per heavy atom. The summed E-state index contributed by atoms with van der Waals surface area (Å²) in [5, 5.41) is 5.35. The van der Waals surface area contributed by atoms with Crippen molar-refractivity contribution in [2.75, 3.05) is 5.43 Å². The van der Waals surface area contributed by atoms with Gasteiger partial charge in [-0.15, -0.1) is 11.3 Å². The van der Waals surface area contributed by atoms with Crippen LogP contribution in [-0.4, -0.2) is 16.2 Å². The van der Waals surface area contributed by atoms with E-state index in [-0.39, 0.29) is 0 Å². The summed E-state index contributed by atoms with van der Waals surface area (Å²) in [4.78, 5) is 11.1. The first kappa shape index (κ1) is 18.3. The lowest BCUT2D eigenvalue weighted by Crippen LogP contribution is -1.94. The van der Waals surface area contributed by atoms with Gasteiger partial charge in [0.05, 0.1) is 11.6 Å². The Labute approximate surface area is 158 Å². The molecule has 0 radical (unpaired) electrons. The van der Waals surface area contributed by atoms with E-state index in [2.05, 4.69) is 53.4 Å². The van der Waals surface area contributed by atoms with E-state index in [0.717, 1.165) is 34.4 Å². The highest BCUT2D eigenvalue weighted by atomic mass is 32.1. The molecule has 4 nitrogen and oxygen atoms in total. The van der Waals surface area contributed by atoms with Crippen LogP contribution in [0.4, 0.5) is 5.82 Å². The molecule has 0 saturated heterocycles. The van der Waals surface area contributed by atoms with Crippen LogP contribution < -0.4 is 5.43 Å². The SMILES string of the molecule is CC(C)=CCCC(C)c1cc2c(NN=Cc3ccccc3)ncnc2s1. The molecule has 0 bridgehead atoms. The highest BCUT2D eigenvalue weighted by Gasteiger charge is 2.13. The maximum Gasteiger partial charge on any atom is 0.158 e. The molecule has 134 valence electrons. The van der Waals surface area contributed by atoms with E-state index in [1.54, 1.807) is 23.9 Å². The molecule has 3 rings (SSSR count). The second-order valence-electron chi connectivity index (χ2n) is 6.63. The van der Waals surface area contributed by atoms with Crippen molar-refractivity contribution in [1.29, 1.82) is 0 Å². The van der Waals surface area contributed by atoms with Crippen molar-refractivity contribution in [3.63, 3.8) is 0 Å². The molecule has 1 N–H and O–H groups in total.